The molecule has 0 fully saturated rings. The van der Waals surface area contributed by atoms with E-state index in [1.807, 2.05) is 36.4 Å². The van der Waals surface area contributed by atoms with E-state index in [9.17, 15) is 0 Å². The fourth-order valence-electron chi connectivity index (χ4n) is 1.27. The maximum atomic E-state index is 3.05. The van der Waals surface area contributed by atoms with Gasteiger partial charge in [0.05, 0.1) is 0 Å². The van der Waals surface area contributed by atoms with Crippen molar-refractivity contribution in [2.45, 2.75) is 20.3 Å². The van der Waals surface area contributed by atoms with Crippen LogP contribution in [0.15, 0.2) is 48.5 Å². The van der Waals surface area contributed by atoms with E-state index < -0.39 is 0 Å². The van der Waals surface area contributed by atoms with Gasteiger partial charge in [-0.2, -0.15) is 71.8 Å². The summed E-state index contributed by atoms with van der Waals surface area (Å²) in [5, 5.41) is 0. The predicted molar refractivity (Wildman–Crippen MR) is 64.7 cm³/mol. The van der Waals surface area contributed by atoms with Gasteiger partial charge in [-0.1, -0.05) is 20.3 Å². The van der Waals surface area contributed by atoms with Crippen LogP contribution in [0.1, 0.15) is 18.1 Å². The standard InChI is InChI=1S/C9H11.C6H5.Y/c1-3-9-7-5-4-6-8(9)2;1-2-4-6-5-3-1;/h4,6-7H,3H2,1-2H3;1-5H;/q2*-1;. The fraction of sp³-hybridized carbons (Fsp3) is 0.200. The van der Waals surface area contributed by atoms with Crippen molar-refractivity contribution in [2.24, 2.45) is 0 Å². The molecule has 0 unspecified atom stereocenters. The molecule has 0 aliphatic heterocycles. The number of hydrogen-bond donors (Lipinski definition) is 0. The smallest absolute Gasteiger partial charge is 0 e. The summed E-state index contributed by atoms with van der Waals surface area (Å²) in [5.74, 6) is 0. The molecule has 2 rings (SSSR count). The van der Waals surface area contributed by atoms with Crippen molar-refractivity contribution in [1.82, 2.24) is 0 Å². The summed E-state index contributed by atoms with van der Waals surface area (Å²) < 4.78 is 0. The molecule has 16 heavy (non-hydrogen) atoms. The second-order valence-electron chi connectivity index (χ2n) is 3.28. The van der Waals surface area contributed by atoms with Crippen molar-refractivity contribution in [1.29, 1.82) is 0 Å². The summed E-state index contributed by atoms with van der Waals surface area (Å²) in [6.07, 6.45) is 1.11. The molecule has 81 valence electrons. The molecule has 0 N–H and O–H groups in total. The van der Waals surface area contributed by atoms with Crippen molar-refractivity contribution in [3.8, 4) is 0 Å². The zero-order valence-corrected chi connectivity index (χ0v) is 12.7. The SMILES string of the molecule is CCc1c[c-]ccc1C.[Y].[c-]1ccccc1. The summed E-state index contributed by atoms with van der Waals surface area (Å²) >= 11 is 0. The number of hydrogen-bond acceptors (Lipinski definition) is 0. The van der Waals surface area contributed by atoms with Crippen molar-refractivity contribution in [2.75, 3.05) is 0 Å². The Kier molecular flexibility index (Phi) is 9.47. The molecule has 0 spiro atoms. The molecule has 0 heterocycles. The van der Waals surface area contributed by atoms with Gasteiger partial charge >= 0.3 is 0 Å². The molecule has 0 saturated carbocycles. The fourth-order valence-corrected chi connectivity index (χ4v) is 1.27. The van der Waals surface area contributed by atoms with Crippen LogP contribution in [0.25, 0.3) is 0 Å². The second kappa shape index (κ2) is 9.75. The first kappa shape index (κ1) is 15.5. The van der Waals surface area contributed by atoms with Crippen LogP contribution in [0.5, 0.6) is 0 Å². The Morgan fingerprint density at radius 2 is 1.69 bits per heavy atom. The van der Waals surface area contributed by atoms with Crippen LogP contribution in [0.2, 0.25) is 0 Å². The van der Waals surface area contributed by atoms with Crippen molar-refractivity contribution in [3.05, 3.63) is 71.8 Å². The van der Waals surface area contributed by atoms with Crippen LogP contribution in [-0.4, -0.2) is 0 Å². The van der Waals surface area contributed by atoms with E-state index in [1.54, 1.807) is 0 Å². The van der Waals surface area contributed by atoms with E-state index in [4.69, 9.17) is 0 Å². The second-order valence-corrected chi connectivity index (χ2v) is 3.28. The monoisotopic (exact) mass is 285 g/mol. The molecule has 2 aromatic carbocycles. The summed E-state index contributed by atoms with van der Waals surface area (Å²) in [6, 6.07) is 21.7. The maximum Gasteiger partial charge on any atom is 0 e. The Bertz CT molecular complexity index is 341. The molecular formula is C15H16Y-2. The van der Waals surface area contributed by atoms with Gasteiger partial charge in [0.1, 0.15) is 0 Å². The van der Waals surface area contributed by atoms with E-state index in [0.29, 0.717) is 0 Å². The molecule has 0 atom stereocenters. The van der Waals surface area contributed by atoms with Crippen LogP contribution in [0, 0.1) is 19.1 Å². The van der Waals surface area contributed by atoms with Gasteiger partial charge in [0.2, 0.25) is 0 Å². The first-order chi connectivity index (χ1) is 7.34. The quantitative estimate of drug-likeness (QED) is 0.698. The van der Waals surface area contributed by atoms with Gasteiger partial charge < -0.3 is 0 Å². The molecule has 0 aliphatic carbocycles. The van der Waals surface area contributed by atoms with E-state index in [-0.39, 0.29) is 32.7 Å². The minimum atomic E-state index is 0. The third kappa shape index (κ3) is 6.20. The maximum absolute atomic E-state index is 3.05. The van der Waals surface area contributed by atoms with Gasteiger partial charge in [-0.05, 0) is 0 Å². The van der Waals surface area contributed by atoms with Crippen LogP contribution in [0.3, 0.4) is 0 Å². The molecule has 0 nitrogen and oxygen atoms in total. The third-order valence-electron chi connectivity index (χ3n) is 2.18. The Balaban J connectivity index is 0.000000283. The summed E-state index contributed by atoms with van der Waals surface area (Å²) in [5.41, 5.74) is 2.77. The van der Waals surface area contributed by atoms with E-state index >= 15 is 0 Å². The van der Waals surface area contributed by atoms with E-state index in [2.05, 4.69) is 38.1 Å². The van der Waals surface area contributed by atoms with Gasteiger partial charge in [0.15, 0.2) is 0 Å². The molecule has 0 amide bonds. The average molecular weight is 285 g/mol. The predicted octanol–water partition coefficient (Wildman–Crippen LogP) is 3.84. The summed E-state index contributed by atoms with van der Waals surface area (Å²) in [4.78, 5) is 0. The molecule has 0 bridgehead atoms. The van der Waals surface area contributed by atoms with E-state index in [1.165, 1.54) is 11.1 Å². The Labute approximate surface area is 124 Å². The van der Waals surface area contributed by atoms with Gasteiger partial charge in [0, 0.05) is 32.7 Å². The zero-order valence-electron chi connectivity index (χ0n) is 9.90. The Hall–Kier alpha value is -0.456. The Morgan fingerprint density at radius 1 is 1.00 bits per heavy atom. The summed E-state index contributed by atoms with van der Waals surface area (Å²) in [7, 11) is 0. The normalized spacial score (nSPS) is 8.38. The largest absolute Gasteiger partial charge is 0.184 e. The molecule has 1 radical (unpaired) electrons. The third-order valence-corrected chi connectivity index (χ3v) is 2.18. The molecule has 0 saturated heterocycles. The molecule has 1 heteroatoms. The van der Waals surface area contributed by atoms with Crippen LogP contribution >= 0.6 is 0 Å². The van der Waals surface area contributed by atoms with E-state index in [0.717, 1.165) is 6.42 Å². The number of aryl methyl sites for hydroxylation is 2. The minimum Gasteiger partial charge on any atom is -0.184 e. The molecule has 0 aromatic heterocycles. The summed E-state index contributed by atoms with van der Waals surface area (Å²) in [6.45, 7) is 4.29. The van der Waals surface area contributed by atoms with Crippen molar-refractivity contribution in [3.63, 3.8) is 0 Å². The van der Waals surface area contributed by atoms with Gasteiger partial charge in [-0.15, -0.1) is 0 Å². The van der Waals surface area contributed by atoms with Crippen LogP contribution in [-0.2, 0) is 39.1 Å². The van der Waals surface area contributed by atoms with Crippen molar-refractivity contribution >= 4 is 0 Å². The first-order valence-electron chi connectivity index (χ1n) is 5.21. The molecular weight excluding hydrogens is 269 g/mol. The molecule has 0 aliphatic rings. The number of rotatable bonds is 1. The average Bonchev–Trinajstić information content (AvgIpc) is 2.33. The topological polar surface area (TPSA) is 0 Å². The molecule has 2 aromatic rings. The minimum absolute atomic E-state index is 0. The van der Waals surface area contributed by atoms with Crippen LogP contribution in [0.4, 0.5) is 0 Å². The van der Waals surface area contributed by atoms with Gasteiger partial charge in [-0.25, -0.2) is 0 Å². The van der Waals surface area contributed by atoms with Gasteiger partial charge in [-0.3, -0.25) is 0 Å². The van der Waals surface area contributed by atoms with Crippen LogP contribution < -0.4 is 0 Å². The first-order valence-corrected chi connectivity index (χ1v) is 5.21. The Morgan fingerprint density at radius 3 is 2.00 bits per heavy atom. The zero-order chi connectivity index (χ0) is 10.9. The van der Waals surface area contributed by atoms with Gasteiger partial charge in [0.25, 0.3) is 0 Å². The number of benzene rings is 2. The van der Waals surface area contributed by atoms with Crippen molar-refractivity contribution < 1.29 is 32.7 Å².